The molecule has 332 valence electrons. The number of halogens is 1. The maximum absolute atomic E-state index is 10.6. The van der Waals surface area contributed by atoms with Crippen molar-refractivity contribution in [2.75, 3.05) is 39.3 Å². The molecule has 0 atom stereocenters. The molecule has 0 aliphatic rings. The Kier molecular flexibility index (Phi) is 35.8. The van der Waals surface area contributed by atoms with Crippen molar-refractivity contribution in [1.29, 1.82) is 0 Å². The van der Waals surface area contributed by atoms with Gasteiger partial charge in [0.2, 0.25) is 0 Å². The molecule has 14 N–H and O–H groups in total. The molecule has 0 spiro atoms. The maximum Gasteiger partial charge on any atom is 0.317 e. The molecule has 0 saturated heterocycles. The molecular weight excluding hydrogens is 802 g/mol. The summed E-state index contributed by atoms with van der Waals surface area (Å²) < 4.78 is 0. The van der Waals surface area contributed by atoms with Gasteiger partial charge in [0.05, 0.1) is 26.2 Å². The molecule has 0 fully saturated rings. The molecule has 0 saturated carbocycles. The monoisotopic (exact) mass is 863 g/mol. The van der Waals surface area contributed by atoms with Gasteiger partial charge in [0, 0.05) is 45.8 Å². The lowest BCUT2D eigenvalue weighted by Crippen LogP contribution is -2.43. The van der Waals surface area contributed by atoms with Crippen molar-refractivity contribution in [2.45, 2.75) is 32.7 Å². The molecule has 16 heteroatoms. The van der Waals surface area contributed by atoms with E-state index in [1.54, 1.807) is 0 Å². The largest absolute Gasteiger partial charge is 0.480 e. The van der Waals surface area contributed by atoms with Crippen molar-refractivity contribution >= 4 is 36.3 Å². The number of benzene rings is 5. The second-order valence-corrected chi connectivity index (χ2v) is 12.4. The van der Waals surface area contributed by atoms with Gasteiger partial charge in [-0.1, -0.05) is 152 Å². The Bertz CT molecular complexity index is 1520. The number of rotatable bonds is 16. The van der Waals surface area contributed by atoms with Crippen molar-refractivity contribution in [2.24, 2.45) is 28.7 Å². The van der Waals surface area contributed by atoms with Gasteiger partial charge in [0.1, 0.15) is 0 Å². The third kappa shape index (κ3) is 34.6. The molecule has 5 aromatic rings. The van der Waals surface area contributed by atoms with Crippen LogP contribution < -0.4 is 28.7 Å². The Balaban J connectivity index is 0. The number of hydrogen-bond acceptors (Lipinski definition) is 11. The quantitative estimate of drug-likeness (QED) is 0.0676. The van der Waals surface area contributed by atoms with E-state index in [0.717, 1.165) is 9.80 Å². The van der Waals surface area contributed by atoms with E-state index in [9.17, 15) is 19.2 Å². The fourth-order valence-corrected chi connectivity index (χ4v) is 4.55. The third-order valence-corrected chi connectivity index (χ3v) is 7.56. The molecule has 0 heterocycles. The van der Waals surface area contributed by atoms with Gasteiger partial charge >= 0.3 is 23.9 Å². The summed E-state index contributed by atoms with van der Waals surface area (Å²) in [5.74, 6) is -4.91. The van der Waals surface area contributed by atoms with Crippen molar-refractivity contribution in [1.82, 2.24) is 9.80 Å². The van der Waals surface area contributed by atoms with Gasteiger partial charge in [-0.3, -0.25) is 29.0 Å². The lowest BCUT2D eigenvalue weighted by molar-refractivity contribution is -0.145. The number of carboxylic acids is 4. The average molecular weight is 864 g/mol. The predicted octanol–water partition coefficient (Wildman–Crippen LogP) is 4.08. The minimum Gasteiger partial charge on any atom is -0.480 e. The van der Waals surface area contributed by atoms with Crippen LogP contribution in [0.5, 0.6) is 0 Å². The molecule has 5 rings (SSSR count). The summed E-state index contributed by atoms with van der Waals surface area (Å²) in [6, 6.07) is 49.9. The number of nitrogens with two attached hydrogens (primary N) is 5. The average Bonchev–Trinajstić information content (AvgIpc) is 3.27. The van der Waals surface area contributed by atoms with Crippen LogP contribution in [0.3, 0.4) is 0 Å². The van der Waals surface area contributed by atoms with E-state index < -0.39 is 50.1 Å². The topological polar surface area (TPSA) is 286 Å². The Morgan fingerprint density at radius 3 is 0.574 bits per heavy atom. The smallest absolute Gasteiger partial charge is 0.317 e. The zero-order chi connectivity index (χ0) is 44.8. The first kappa shape index (κ1) is 57.1. The van der Waals surface area contributed by atoms with Crippen LogP contribution >= 0.6 is 12.4 Å². The SMILES string of the molecule is Cl.NCc1ccccc1.NCc1ccccc1.NCc1ccccc1.NCc1ccccc1.NCc1ccccc1.O=C(O)CN(CCN(CC(=O)O)CC(=O)O)CC(=O)O. The van der Waals surface area contributed by atoms with Gasteiger partial charge in [-0.05, 0) is 27.8 Å². The van der Waals surface area contributed by atoms with Crippen LogP contribution in [-0.2, 0) is 51.9 Å². The molecule has 0 aliphatic carbocycles. The maximum atomic E-state index is 10.6. The van der Waals surface area contributed by atoms with E-state index in [1.807, 2.05) is 152 Å². The fourth-order valence-electron chi connectivity index (χ4n) is 4.55. The summed E-state index contributed by atoms with van der Waals surface area (Å²) in [5, 5.41) is 34.5. The summed E-state index contributed by atoms with van der Waals surface area (Å²) in [7, 11) is 0. The number of carbonyl (C=O) groups is 4. The van der Waals surface area contributed by atoms with Crippen LogP contribution in [0.25, 0.3) is 0 Å². The summed E-state index contributed by atoms with van der Waals surface area (Å²) in [6.45, 7) is 0.948. The Hall–Kier alpha value is -6.01. The summed E-state index contributed by atoms with van der Waals surface area (Å²) in [4.78, 5) is 44.4. The van der Waals surface area contributed by atoms with Crippen molar-refractivity contribution < 1.29 is 39.6 Å². The second-order valence-electron chi connectivity index (χ2n) is 12.4. The first-order valence-corrected chi connectivity index (χ1v) is 18.9. The standard InChI is InChI=1S/C10H16N2O8.5C7H9N.ClH/c13-7(14)3-11(4-8(15)16)1-2-12(5-9(17)18)6-10(19)20;5*8-6-7-4-2-1-3-5-7;/h1-6H2,(H,13,14)(H,15,16)(H,17,18)(H,19,20);5*1-5H,6,8H2;1H. The third-order valence-electron chi connectivity index (χ3n) is 7.56. The normalized spacial score (nSPS) is 9.49. The Morgan fingerprint density at radius 1 is 0.328 bits per heavy atom. The first-order chi connectivity index (χ1) is 28.9. The Labute approximate surface area is 364 Å². The fraction of sp³-hybridized carbons (Fsp3) is 0.244. The van der Waals surface area contributed by atoms with Crippen LogP contribution in [0.1, 0.15) is 27.8 Å². The zero-order valence-electron chi connectivity index (χ0n) is 34.3. The summed E-state index contributed by atoms with van der Waals surface area (Å²) in [6.07, 6.45) is 0. The molecule has 0 aromatic heterocycles. The van der Waals surface area contributed by atoms with Crippen LogP contribution in [0, 0.1) is 0 Å². The van der Waals surface area contributed by atoms with Crippen LogP contribution in [0.15, 0.2) is 152 Å². The lowest BCUT2D eigenvalue weighted by Gasteiger charge is -2.23. The molecule has 61 heavy (non-hydrogen) atoms. The van der Waals surface area contributed by atoms with Crippen LogP contribution in [-0.4, -0.2) is 93.4 Å². The van der Waals surface area contributed by atoms with E-state index >= 15 is 0 Å². The number of aliphatic carboxylic acids is 4. The van der Waals surface area contributed by atoms with Crippen LogP contribution in [0.4, 0.5) is 0 Å². The van der Waals surface area contributed by atoms with E-state index in [-0.39, 0.29) is 25.5 Å². The van der Waals surface area contributed by atoms with Gasteiger partial charge in [-0.25, -0.2) is 0 Å². The first-order valence-electron chi connectivity index (χ1n) is 18.9. The molecule has 15 nitrogen and oxygen atoms in total. The molecule has 5 aromatic carbocycles. The Morgan fingerprint density at radius 2 is 0.475 bits per heavy atom. The highest BCUT2D eigenvalue weighted by molar-refractivity contribution is 5.85. The van der Waals surface area contributed by atoms with Crippen molar-refractivity contribution in [3.63, 3.8) is 0 Å². The van der Waals surface area contributed by atoms with Gasteiger partial charge in [-0.15, -0.1) is 12.4 Å². The van der Waals surface area contributed by atoms with Crippen LogP contribution in [0.2, 0.25) is 0 Å². The van der Waals surface area contributed by atoms with Gasteiger partial charge in [-0.2, -0.15) is 0 Å². The highest BCUT2D eigenvalue weighted by Crippen LogP contribution is 1.98. The highest BCUT2D eigenvalue weighted by atomic mass is 35.5. The molecule has 0 aliphatic heterocycles. The zero-order valence-corrected chi connectivity index (χ0v) is 35.1. The van der Waals surface area contributed by atoms with E-state index in [4.69, 9.17) is 49.1 Å². The molecule has 0 unspecified atom stereocenters. The van der Waals surface area contributed by atoms with Gasteiger partial charge in [0.25, 0.3) is 0 Å². The molecule has 0 radical (unpaired) electrons. The number of hydrogen-bond donors (Lipinski definition) is 9. The minimum absolute atomic E-state index is 0. The molecule has 0 bridgehead atoms. The van der Waals surface area contributed by atoms with E-state index in [2.05, 4.69) is 0 Å². The summed E-state index contributed by atoms with van der Waals surface area (Å²) in [5.41, 5.74) is 32.7. The summed E-state index contributed by atoms with van der Waals surface area (Å²) >= 11 is 0. The molecule has 0 amide bonds. The number of nitrogens with zero attached hydrogens (tertiary/aromatic N) is 2. The van der Waals surface area contributed by atoms with Crippen molar-refractivity contribution in [3.8, 4) is 0 Å². The number of carboxylic acid groups (broad SMARTS) is 4. The van der Waals surface area contributed by atoms with Gasteiger partial charge < -0.3 is 49.1 Å². The van der Waals surface area contributed by atoms with E-state index in [1.165, 1.54) is 27.8 Å². The lowest BCUT2D eigenvalue weighted by atomic mass is 10.2. The van der Waals surface area contributed by atoms with Crippen molar-refractivity contribution in [3.05, 3.63) is 179 Å². The minimum atomic E-state index is -1.23. The van der Waals surface area contributed by atoms with E-state index in [0.29, 0.717) is 32.7 Å². The second kappa shape index (κ2) is 38.2. The highest BCUT2D eigenvalue weighted by Gasteiger charge is 2.18. The molecular formula is C45H62ClN7O8. The van der Waals surface area contributed by atoms with Gasteiger partial charge in [0.15, 0.2) is 0 Å². The predicted molar refractivity (Wildman–Crippen MR) is 242 cm³/mol.